The average Bonchev–Trinajstić information content (AvgIpc) is 2.83. The smallest absolute Gasteiger partial charge is 0.417 e. The predicted octanol–water partition coefficient (Wildman–Crippen LogP) is 8.24. The molecule has 192 valence electrons. The molecule has 3 rings (SSSR count). The van der Waals surface area contributed by atoms with E-state index in [2.05, 4.69) is 31.0 Å². The van der Waals surface area contributed by atoms with Crippen LogP contribution in [0.3, 0.4) is 0 Å². The van der Waals surface area contributed by atoms with Crippen molar-refractivity contribution in [2.45, 2.75) is 78.4 Å². The summed E-state index contributed by atoms with van der Waals surface area (Å²) in [7, 11) is 0. The molecule has 0 saturated heterocycles. The molecule has 1 aliphatic rings. The molecule has 0 radical (unpaired) electrons. The van der Waals surface area contributed by atoms with Crippen molar-refractivity contribution in [2.24, 2.45) is 11.8 Å². The maximum Gasteiger partial charge on any atom is 0.417 e. The second kappa shape index (κ2) is 12.6. The minimum atomic E-state index is -4.40. The zero-order valence-corrected chi connectivity index (χ0v) is 22.2. The summed E-state index contributed by atoms with van der Waals surface area (Å²) in [5, 5.41) is 11.5. The molecule has 1 aromatic carbocycles. The summed E-state index contributed by atoms with van der Waals surface area (Å²) in [5.74, 6) is 0.768. The number of aliphatic hydroxyl groups is 1. The zero-order chi connectivity index (χ0) is 26.3. The number of halogens is 3. The van der Waals surface area contributed by atoms with Crippen LogP contribution in [0.15, 0.2) is 41.2 Å². The minimum Gasteiger partial charge on any atom is -0.512 e. The fourth-order valence-corrected chi connectivity index (χ4v) is 5.41. The zero-order valence-electron chi connectivity index (χ0n) is 21.4. The average molecular weight is 508 g/mol. The van der Waals surface area contributed by atoms with Crippen LogP contribution in [-0.4, -0.2) is 21.6 Å². The highest BCUT2D eigenvalue weighted by Gasteiger charge is 2.34. The van der Waals surface area contributed by atoms with Gasteiger partial charge in [-0.05, 0) is 60.4 Å². The summed E-state index contributed by atoms with van der Waals surface area (Å²) in [6.45, 7) is 12.2. The lowest BCUT2D eigenvalue weighted by Crippen LogP contribution is -2.25. The molecule has 0 fully saturated rings. The monoisotopic (exact) mass is 507 g/mol. The molecule has 1 N–H and O–H groups in total. The summed E-state index contributed by atoms with van der Waals surface area (Å²) in [6, 6.07) is 6.58. The number of carbonyl (C=O) groups excluding carboxylic acids is 1. The van der Waals surface area contributed by atoms with E-state index >= 15 is 0 Å². The van der Waals surface area contributed by atoms with Crippen LogP contribution >= 0.6 is 11.8 Å². The number of thioether (sulfide) groups is 1. The Morgan fingerprint density at radius 1 is 1.11 bits per heavy atom. The van der Waals surface area contributed by atoms with E-state index in [0.717, 1.165) is 47.4 Å². The van der Waals surface area contributed by atoms with Gasteiger partial charge in [-0.1, -0.05) is 52.3 Å². The third kappa shape index (κ3) is 7.12. The van der Waals surface area contributed by atoms with Gasteiger partial charge in [0.1, 0.15) is 5.76 Å². The Morgan fingerprint density at radius 3 is 2.17 bits per heavy atom. The molecule has 1 aromatic heterocycles. The van der Waals surface area contributed by atoms with Gasteiger partial charge in [0, 0.05) is 24.8 Å². The van der Waals surface area contributed by atoms with E-state index in [-0.39, 0.29) is 23.4 Å². The third-order valence-electron chi connectivity index (χ3n) is 6.29. The Bertz CT molecular complexity index is 1020. The number of allylic oxidation sites excluding steroid dienone is 2. The van der Waals surface area contributed by atoms with Gasteiger partial charge < -0.3 is 5.11 Å². The first-order valence-electron chi connectivity index (χ1n) is 12.3. The van der Waals surface area contributed by atoms with Gasteiger partial charge in [0.05, 0.1) is 16.2 Å². The first kappa shape index (κ1) is 29.0. The number of alkyl halides is 3. The Kier molecular flexibility index (Phi) is 10.4. The Labute approximate surface area is 211 Å². The van der Waals surface area contributed by atoms with E-state index in [1.807, 2.05) is 27.7 Å². The SMILES string of the molecule is CC.CCc1cc(C)cc(CC)c1C1=C(O)CC(C(C)CSc2ccc(C(F)(F)F)cn2)CC1=O. The summed E-state index contributed by atoms with van der Waals surface area (Å²) in [4.78, 5) is 17.1. The second-order valence-corrected chi connectivity index (χ2v) is 9.79. The van der Waals surface area contributed by atoms with Crippen molar-refractivity contribution in [3.05, 3.63) is 64.0 Å². The van der Waals surface area contributed by atoms with Crippen molar-refractivity contribution in [3.63, 3.8) is 0 Å². The molecule has 2 aromatic rings. The van der Waals surface area contributed by atoms with E-state index < -0.39 is 11.7 Å². The molecule has 0 bridgehead atoms. The summed E-state index contributed by atoms with van der Waals surface area (Å²) in [6.07, 6.45) is -1.23. The Morgan fingerprint density at radius 2 is 1.71 bits per heavy atom. The minimum absolute atomic E-state index is 0.0243. The lowest BCUT2D eigenvalue weighted by atomic mass is 9.76. The number of carbonyl (C=O) groups is 1. The maximum absolute atomic E-state index is 13.2. The van der Waals surface area contributed by atoms with Crippen molar-refractivity contribution in [3.8, 4) is 0 Å². The van der Waals surface area contributed by atoms with Gasteiger partial charge in [0.15, 0.2) is 5.78 Å². The van der Waals surface area contributed by atoms with Crippen LogP contribution < -0.4 is 0 Å². The van der Waals surface area contributed by atoms with Crippen molar-refractivity contribution in [2.75, 3.05) is 5.75 Å². The van der Waals surface area contributed by atoms with Gasteiger partial charge in [-0.2, -0.15) is 13.2 Å². The number of rotatable bonds is 7. The molecule has 7 heteroatoms. The van der Waals surface area contributed by atoms with Crippen LogP contribution in [0.1, 0.15) is 75.3 Å². The molecule has 0 aliphatic heterocycles. The number of hydrogen-bond acceptors (Lipinski definition) is 4. The maximum atomic E-state index is 13.2. The van der Waals surface area contributed by atoms with Crippen molar-refractivity contribution < 1.29 is 23.1 Å². The fourth-order valence-electron chi connectivity index (χ4n) is 4.42. The number of hydrogen-bond donors (Lipinski definition) is 1. The van der Waals surface area contributed by atoms with Gasteiger partial charge in [-0.15, -0.1) is 11.8 Å². The van der Waals surface area contributed by atoms with Crippen LogP contribution in [0.2, 0.25) is 0 Å². The molecule has 0 spiro atoms. The summed E-state index contributed by atoms with van der Waals surface area (Å²) >= 11 is 1.37. The second-order valence-electron chi connectivity index (χ2n) is 8.75. The molecule has 0 amide bonds. The number of aliphatic hydroxyl groups excluding tert-OH is 1. The van der Waals surface area contributed by atoms with Gasteiger partial charge in [-0.25, -0.2) is 4.98 Å². The molecule has 2 unspecified atom stereocenters. The number of ketones is 1. The van der Waals surface area contributed by atoms with Crippen LogP contribution in [0.5, 0.6) is 0 Å². The Balaban J connectivity index is 0.00000210. The standard InChI is InChI=1S/C26H30F3NO2S.C2H6/c1-5-17-9-15(3)10-18(6-2)24(17)25-21(31)11-19(12-22(25)32)16(4)14-33-23-8-7-20(13-30-23)26(27,28)29;1-2/h7-10,13,16,19,31H,5-6,11-12,14H2,1-4H3;1-2H3. The van der Waals surface area contributed by atoms with Gasteiger partial charge >= 0.3 is 6.18 Å². The lowest BCUT2D eigenvalue weighted by molar-refractivity contribution is -0.137. The van der Waals surface area contributed by atoms with E-state index in [1.165, 1.54) is 17.8 Å². The number of benzene rings is 1. The predicted molar refractivity (Wildman–Crippen MR) is 138 cm³/mol. The van der Waals surface area contributed by atoms with Crippen LogP contribution in [0.4, 0.5) is 13.2 Å². The Hall–Kier alpha value is -2.28. The van der Waals surface area contributed by atoms with Crippen LogP contribution in [0.25, 0.3) is 5.57 Å². The van der Waals surface area contributed by atoms with Crippen molar-refractivity contribution in [1.29, 1.82) is 0 Å². The highest BCUT2D eigenvalue weighted by molar-refractivity contribution is 7.99. The molecular formula is C28H36F3NO2S. The topological polar surface area (TPSA) is 50.2 Å². The first-order valence-corrected chi connectivity index (χ1v) is 13.3. The highest BCUT2D eigenvalue weighted by Crippen LogP contribution is 2.40. The van der Waals surface area contributed by atoms with E-state index in [9.17, 15) is 23.1 Å². The molecule has 1 aliphatic carbocycles. The number of nitrogens with zero attached hydrogens (tertiary/aromatic N) is 1. The van der Waals surface area contributed by atoms with E-state index in [4.69, 9.17) is 0 Å². The van der Waals surface area contributed by atoms with Gasteiger partial charge in [0.25, 0.3) is 0 Å². The van der Waals surface area contributed by atoms with E-state index in [0.29, 0.717) is 29.2 Å². The fraction of sp³-hybridized carbons (Fsp3) is 0.500. The summed E-state index contributed by atoms with van der Waals surface area (Å²) in [5.41, 5.74) is 3.90. The molecule has 35 heavy (non-hydrogen) atoms. The number of aromatic nitrogens is 1. The molecule has 2 atom stereocenters. The lowest BCUT2D eigenvalue weighted by Gasteiger charge is -2.29. The number of Topliss-reactive ketones (excluding diaryl/α,β-unsaturated/α-hetero) is 1. The van der Waals surface area contributed by atoms with Crippen LogP contribution in [0, 0.1) is 18.8 Å². The van der Waals surface area contributed by atoms with Crippen molar-refractivity contribution in [1.82, 2.24) is 4.98 Å². The molecular weight excluding hydrogens is 471 g/mol. The highest BCUT2D eigenvalue weighted by atomic mass is 32.2. The van der Waals surface area contributed by atoms with E-state index in [1.54, 1.807) is 0 Å². The van der Waals surface area contributed by atoms with Crippen molar-refractivity contribution >= 4 is 23.1 Å². The third-order valence-corrected chi connectivity index (χ3v) is 7.52. The number of pyridine rings is 1. The van der Waals surface area contributed by atoms with Gasteiger partial charge in [-0.3, -0.25) is 4.79 Å². The van der Waals surface area contributed by atoms with Gasteiger partial charge in [0.2, 0.25) is 0 Å². The molecule has 0 saturated carbocycles. The largest absolute Gasteiger partial charge is 0.512 e. The molecule has 3 nitrogen and oxygen atoms in total. The first-order chi connectivity index (χ1) is 16.5. The van der Waals surface area contributed by atoms with Crippen LogP contribution in [-0.2, 0) is 23.8 Å². The summed E-state index contributed by atoms with van der Waals surface area (Å²) < 4.78 is 38.1. The number of aryl methyl sites for hydroxylation is 3. The quantitative estimate of drug-likeness (QED) is 0.384. The molecule has 1 heterocycles. The normalized spacial score (nSPS) is 17.2.